The molecule has 2 N–H and O–H groups in total. The van der Waals surface area contributed by atoms with Gasteiger partial charge in [0.25, 0.3) is 5.91 Å². The third-order valence-corrected chi connectivity index (χ3v) is 3.95. The number of hydrogen-bond acceptors (Lipinski definition) is 6. The Morgan fingerprint density at radius 2 is 1.96 bits per heavy atom. The lowest BCUT2D eigenvalue weighted by Crippen LogP contribution is -2.19. The third-order valence-electron chi connectivity index (χ3n) is 3.95. The van der Waals surface area contributed by atoms with Crippen LogP contribution < -0.4 is 14.9 Å². The van der Waals surface area contributed by atoms with Gasteiger partial charge in [-0.15, -0.1) is 0 Å². The number of ether oxygens (including phenoxy) is 3. The van der Waals surface area contributed by atoms with Crippen LogP contribution in [0.15, 0.2) is 23.3 Å². The third kappa shape index (κ3) is 4.46. The van der Waals surface area contributed by atoms with E-state index in [1.165, 1.54) is 6.21 Å². The van der Waals surface area contributed by atoms with Crippen LogP contribution in [0.4, 0.5) is 0 Å². The van der Waals surface area contributed by atoms with Gasteiger partial charge < -0.3 is 19.2 Å². The van der Waals surface area contributed by atoms with E-state index >= 15 is 0 Å². The fraction of sp³-hybridized carbons (Fsp3) is 0.316. The van der Waals surface area contributed by atoms with E-state index in [1.807, 2.05) is 0 Å². The largest absolute Gasteiger partial charge is 0.497 e. The number of H-pyrrole nitrogens is 1. The lowest BCUT2D eigenvalue weighted by molar-refractivity contribution is 0.0519. The molecule has 0 aliphatic heterocycles. The zero-order valence-electron chi connectivity index (χ0n) is 16.0. The van der Waals surface area contributed by atoms with Crippen molar-refractivity contribution in [1.29, 1.82) is 0 Å². The molecule has 144 valence electrons. The number of hydrazone groups is 1. The molecule has 8 heteroatoms. The Hall–Kier alpha value is -3.29. The summed E-state index contributed by atoms with van der Waals surface area (Å²) in [5.41, 5.74) is 4.80. The van der Waals surface area contributed by atoms with Gasteiger partial charge in [-0.05, 0) is 44.5 Å². The molecular formula is C19H23N3O5. The van der Waals surface area contributed by atoms with Gasteiger partial charge in [0.05, 0.1) is 32.6 Å². The lowest BCUT2D eigenvalue weighted by Gasteiger charge is -2.07. The molecule has 0 aliphatic carbocycles. The molecule has 2 rings (SSSR count). The van der Waals surface area contributed by atoms with E-state index in [4.69, 9.17) is 14.2 Å². The van der Waals surface area contributed by atoms with Crippen LogP contribution >= 0.6 is 0 Å². The topological polar surface area (TPSA) is 102 Å². The first-order chi connectivity index (χ1) is 12.9. The second kappa shape index (κ2) is 8.88. The van der Waals surface area contributed by atoms with Gasteiger partial charge in [-0.3, -0.25) is 4.79 Å². The van der Waals surface area contributed by atoms with Crippen LogP contribution in [-0.4, -0.2) is 43.9 Å². The fourth-order valence-electron chi connectivity index (χ4n) is 2.65. The van der Waals surface area contributed by atoms with Crippen LogP contribution in [0.1, 0.15) is 44.6 Å². The van der Waals surface area contributed by atoms with Crippen LogP contribution in [0, 0.1) is 13.8 Å². The van der Waals surface area contributed by atoms with Crippen molar-refractivity contribution >= 4 is 18.1 Å². The minimum Gasteiger partial charge on any atom is -0.497 e. The average Bonchev–Trinajstić information content (AvgIpc) is 2.96. The monoisotopic (exact) mass is 373 g/mol. The zero-order chi connectivity index (χ0) is 20.0. The van der Waals surface area contributed by atoms with Gasteiger partial charge in [0.1, 0.15) is 17.2 Å². The summed E-state index contributed by atoms with van der Waals surface area (Å²) in [6, 6.07) is 5.24. The number of aryl methyl sites for hydroxylation is 1. The molecule has 8 nitrogen and oxygen atoms in total. The van der Waals surface area contributed by atoms with E-state index in [-0.39, 0.29) is 12.3 Å². The quantitative estimate of drug-likeness (QED) is 0.441. The van der Waals surface area contributed by atoms with Gasteiger partial charge in [0, 0.05) is 11.3 Å². The molecule has 27 heavy (non-hydrogen) atoms. The summed E-state index contributed by atoms with van der Waals surface area (Å²) in [4.78, 5) is 27.3. The molecule has 1 aromatic carbocycles. The van der Waals surface area contributed by atoms with E-state index in [9.17, 15) is 9.59 Å². The number of carbonyl (C=O) groups is 2. The van der Waals surface area contributed by atoms with E-state index in [2.05, 4.69) is 15.5 Å². The lowest BCUT2D eigenvalue weighted by atomic mass is 10.1. The van der Waals surface area contributed by atoms with Crippen LogP contribution in [0.2, 0.25) is 0 Å². The molecule has 0 radical (unpaired) electrons. The summed E-state index contributed by atoms with van der Waals surface area (Å²) in [7, 11) is 3.10. The Morgan fingerprint density at radius 1 is 1.22 bits per heavy atom. The molecule has 0 fully saturated rings. The van der Waals surface area contributed by atoms with Gasteiger partial charge in [0.15, 0.2) is 0 Å². The van der Waals surface area contributed by atoms with Crippen LogP contribution in [0.25, 0.3) is 0 Å². The highest BCUT2D eigenvalue weighted by Gasteiger charge is 2.22. The van der Waals surface area contributed by atoms with Crippen LogP contribution in [-0.2, 0) is 4.74 Å². The second-order valence-corrected chi connectivity index (χ2v) is 5.65. The van der Waals surface area contributed by atoms with Gasteiger partial charge in [-0.25, -0.2) is 10.2 Å². The molecule has 0 saturated carbocycles. The smallest absolute Gasteiger partial charge is 0.355 e. The average molecular weight is 373 g/mol. The molecule has 0 saturated heterocycles. The molecular weight excluding hydrogens is 350 g/mol. The van der Waals surface area contributed by atoms with Crippen molar-refractivity contribution in [3.05, 3.63) is 46.3 Å². The first kappa shape index (κ1) is 20.0. The second-order valence-electron chi connectivity index (χ2n) is 5.65. The predicted octanol–water partition coefficient (Wildman–Crippen LogP) is 2.59. The number of benzene rings is 1. The minimum atomic E-state index is -0.498. The number of aromatic amines is 1. The predicted molar refractivity (Wildman–Crippen MR) is 101 cm³/mol. The molecule has 1 heterocycles. The highest BCUT2D eigenvalue weighted by molar-refractivity contribution is 6.01. The summed E-state index contributed by atoms with van der Waals surface area (Å²) in [5, 5.41) is 3.98. The standard InChI is InChI=1S/C19H23N3O5/c1-6-27-19(24)17-11(2)16(12(3)21-17)18(23)22-20-10-13-9-14(25-4)7-8-15(13)26-5/h7-10,21H,6H2,1-5H3,(H,22,23)/b20-10-. The number of nitrogens with one attached hydrogen (secondary N) is 2. The van der Waals surface area contributed by atoms with Crippen molar-refractivity contribution in [1.82, 2.24) is 10.4 Å². The molecule has 0 atom stereocenters. The Kier molecular flexibility index (Phi) is 6.59. The molecule has 0 spiro atoms. The fourth-order valence-corrected chi connectivity index (χ4v) is 2.65. The number of aromatic nitrogens is 1. The highest BCUT2D eigenvalue weighted by atomic mass is 16.5. The molecule has 1 aromatic heterocycles. The first-order valence-corrected chi connectivity index (χ1v) is 8.34. The van der Waals surface area contributed by atoms with Gasteiger partial charge in [-0.2, -0.15) is 5.10 Å². The number of rotatable bonds is 7. The normalized spacial score (nSPS) is 10.7. The number of amides is 1. The Bertz CT molecular complexity index is 870. The van der Waals surface area contributed by atoms with E-state index in [0.29, 0.717) is 33.9 Å². The van der Waals surface area contributed by atoms with Gasteiger partial charge >= 0.3 is 5.97 Å². The number of nitrogens with zero attached hydrogens (tertiary/aromatic N) is 1. The summed E-state index contributed by atoms with van der Waals surface area (Å²) >= 11 is 0. The first-order valence-electron chi connectivity index (χ1n) is 8.34. The van der Waals surface area contributed by atoms with Crippen molar-refractivity contribution in [3.63, 3.8) is 0 Å². The van der Waals surface area contributed by atoms with E-state index < -0.39 is 11.9 Å². The summed E-state index contributed by atoms with van der Waals surface area (Å²) in [6.45, 7) is 5.36. The van der Waals surface area contributed by atoms with Crippen LogP contribution in [0.3, 0.4) is 0 Å². The van der Waals surface area contributed by atoms with Crippen molar-refractivity contribution < 1.29 is 23.8 Å². The number of hydrogen-bond donors (Lipinski definition) is 2. The summed E-state index contributed by atoms with van der Waals surface area (Å²) in [5.74, 6) is 0.295. The highest BCUT2D eigenvalue weighted by Crippen LogP contribution is 2.22. The van der Waals surface area contributed by atoms with Gasteiger partial charge in [-0.1, -0.05) is 0 Å². The molecule has 0 aliphatic rings. The Balaban J connectivity index is 2.19. The number of carbonyl (C=O) groups excluding carboxylic acids is 2. The molecule has 2 aromatic rings. The Labute approximate surface area is 157 Å². The zero-order valence-corrected chi connectivity index (χ0v) is 16.0. The van der Waals surface area contributed by atoms with Gasteiger partial charge in [0.2, 0.25) is 0 Å². The SMILES string of the molecule is CCOC(=O)c1[nH]c(C)c(C(=O)N/N=C\c2cc(OC)ccc2OC)c1C. The summed E-state index contributed by atoms with van der Waals surface area (Å²) in [6.07, 6.45) is 1.46. The van der Waals surface area contributed by atoms with Crippen molar-refractivity contribution in [3.8, 4) is 11.5 Å². The maximum atomic E-state index is 12.5. The van der Waals surface area contributed by atoms with Crippen LogP contribution in [0.5, 0.6) is 11.5 Å². The van der Waals surface area contributed by atoms with Crippen molar-refractivity contribution in [2.24, 2.45) is 5.10 Å². The molecule has 1 amide bonds. The maximum Gasteiger partial charge on any atom is 0.355 e. The molecule has 0 unspecified atom stereocenters. The number of esters is 1. The summed E-state index contributed by atoms with van der Waals surface area (Å²) < 4.78 is 15.4. The minimum absolute atomic E-state index is 0.254. The number of methoxy groups -OCH3 is 2. The van der Waals surface area contributed by atoms with Crippen molar-refractivity contribution in [2.75, 3.05) is 20.8 Å². The van der Waals surface area contributed by atoms with E-state index in [0.717, 1.165) is 0 Å². The Morgan fingerprint density at radius 3 is 2.59 bits per heavy atom. The maximum absolute atomic E-state index is 12.5. The van der Waals surface area contributed by atoms with Crippen molar-refractivity contribution in [2.45, 2.75) is 20.8 Å². The van der Waals surface area contributed by atoms with E-state index in [1.54, 1.807) is 53.2 Å². The molecule has 0 bridgehead atoms.